The molecule has 0 aliphatic carbocycles. The Morgan fingerprint density at radius 2 is 1.54 bits per heavy atom. The molecule has 1 amide bonds. The number of methoxy groups -OCH3 is 1. The predicted octanol–water partition coefficient (Wildman–Crippen LogP) is 3.54. The van der Waals surface area contributed by atoms with E-state index < -0.39 is 0 Å². The lowest BCUT2D eigenvalue weighted by atomic mass is 10.2. The lowest BCUT2D eigenvalue weighted by Crippen LogP contribution is -2.48. The number of piperazine rings is 1. The number of nitrogens with zero attached hydrogens (tertiary/aromatic N) is 3. The summed E-state index contributed by atoms with van der Waals surface area (Å²) in [5.74, 6) is 1.15. The van der Waals surface area contributed by atoms with Gasteiger partial charge in [0.05, 0.1) is 19.9 Å². The molecule has 3 aromatic rings. The van der Waals surface area contributed by atoms with E-state index in [9.17, 15) is 4.79 Å². The normalized spacial score (nSPS) is 14.7. The van der Waals surface area contributed by atoms with Crippen molar-refractivity contribution in [3.63, 3.8) is 0 Å². The van der Waals surface area contributed by atoms with E-state index in [0.29, 0.717) is 24.7 Å². The van der Waals surface area contributed by atoms with Crippen LogP contribution in [0.4, 0.5) is 0 Å². The van der Waals surface area contributed by atoms with Gasteiger partial charge in [0.2, 0.25) is 0 Å². The minimum Gasteiger partial charge on any atom is -0.493 e. The van der Waals surface area contributed by atoms with Crippen molar-refractivity contribution in [2.24, 2.45) is 5.10 Å². The van der Waals surface area contributed by atoms with Crippen molar-refractivity contribution in [2.45, 2.75) is 13.2 Å². The summed E-state index contributed by atoms with van der Waals surface area (Å²) in [5, 5.41) is 4.12. The molecular weight excluding hydrogens is 440 g/mol. The highest BCUT2D eigenvalue weighted by atomic mass is 16.5. The van der Waals surface area contributed by atoms with Gasteiger partial charge in [0.25, 0.3) is 5.91 Å². The van der Waals surface area contributed by atoms with E-state index in [1.165, 1.54) is 5.56 Å². The molecule has 1 heterocycles. The highest BCUT2D eigenvalue weighted by molar-refractivity contribution is 5.83. The second kappa shape index (κ2) is 12.7. The molecule has 1 N–H and O–H groups in total. The Morgan fingerprint density at radius 1 is 0.886 bits per heavy atom. The van der Waals surface area contributed by atoms with Gasteiger partial charge in [0.1, 0.15) is 6.61 Å². The first-order valence-corrected chi connectivity index (χ1v) is 11.8. The second-order valence-electron chi connectivity index (χ2n) is 8.52. The number of hydrogen-bond donors (Lipinski definition) is 1. The predicted molar refractivity (Wildman–Crippen MR) is 138 cm³/mol. The fourth-order valence-corrected chi connectivity index (χ4v) is 3.98. The first-order chi connectivity index (χ1) is 17.2. The molecule has 7 heteroatoms. The van der Waals surface area contributed by atoms with E-state index >= 15 is 0 Å². The van der Waals surface area contributed by atoms with Gasteiger partial charge in [-0.05, 0) is 34.9 Å². The summed E-state index contributed by atoms with van der Waals surface area (Å²) in [7, 11) is 1.60. The summed E-state index contributed by atoms with van der Waals surface area (Å²) < 4.78 is 11.4. The lowest BCUT2D eigenvalue weighted by molar-refractivity contribution is -0.122. The van der Waals surface area contributed by atoms with Gasteiger partial charge < -0.3 is 9.47 Å². The molecule has 0 radical (unpaired) electrons. The average molecular weight is 473 g/mol. The summed E-state index contributed by atoms with van der Waals surface area (Å²) in [6, 6.07) is 26.0. The maximum absolute atomic E-state index is 12.3. The third-order valence-electron chi connectivity index (χ3n) is 5.91. The van der Waals surface area contributed by atoms with E-state index in [-0.39, 0.29) is 5.91 Å². The van der Waals surface area contributed by atoms with E-state index in [1.807, 2.05) is 54.6 Å². The maximum atomic E-state index is 12.3. The number of ether oxygens (including phenoxy) is 2. The van der Waals surface area contributed by atoms with Gasteiger partial charge in [-0.15, -0.1) is 0 Å². The molecule has 0 unspecified atom stereocenters. The van der Waals surface area contributed by atoms with Crippen LogP contribution in [0, 0.1) is 0 Å². The molecule has 0 saturated carbocycles. The van der Waals surface area contributed by atoms with Gasteiger partial charge in [-0.2, -0.15) is 5.10 Å². The quantitative estimate of drug-likeness (QED) is 0.361. The Bertz CT molecular complexity index is 1100. The summed E-state index contributed by atoms with van der Waals surface area (Å²) in [4.78, 5) is 16.9. The molecule has 3 aromatic carbocycles. The minimum atomic E-state index is -0.118. The van der Waals surface area contributed by atoms with Crippen LogP contribution in [0.15, 0.2) is 84.0 Å². The Balaban J connectivity index is 1.20. The second-order valence-corrected chi connectivity index (χ2v) is 8.52. The smallest absolute Gasteiger partial charge is 0.254 e. The van der Waals surface area contributed by atoms with Crippen molar-refractivity contribution < 1.29 is 14.3 Å². The van der Waals surface area contributed by atoms with Crippen LogP contribution in [0.25, 0.3) is 0 Å². The molecule has 0 atom stereocenters. The fraction of sp³-hybridized carbons (Fsp3) is 0.286. The van der Waals surface area contributed by atoms with Crippen molar-refractivity contribution in [2.75, 3.05) is 39.8 Å². The van der Waals surface area contributed by atoms with Crippen LogP contribution in [0.1, 0.15) is 16.7 Å². The zero-order chi connectivity index (χ0) is 24.3. The van der Waals surface area contributed by atoms with Crippen molar-refractivity contribution in [3.05, 3.63) is 95.6 Å². The number of hydrazone groups is 1. The first-order valence-electron chi connectivity index (χ1n) is 11.8. The molecule has 1 aliphatic rings. The molecule has 1 saturated heterocycles. The van der Waals surface area contributed by atoms with Gasteiger partial charge in [-0.1, -0.05) is 60.7 Å². The Morgan fingerprint density at radius 3 is 2.23 bits per heavy atom. The van der Waals surface area contributed by atoms with Gasteiger partial charge in [-0.25, -0.2) is 5.43 Å². The minimum absolute atomic E-state index is 0.118. The van der Waals surface area contributed by atoms with Crippen molar-refractivity contribution in [1.82, 2.24) is 15.2 Å². The Labute approximate surface area is 207 Å². The number of carbonyl (C=O) groups is 1. The SMILES string of the molecule is COc1cc(/C=N\NC(=O)CN2CCN(Cc3ccccc3)CC2)ccc1OCc1ccccc1. The average Bonchev–Trinajstić information content (AvgIpc) is 2.90. The summed E-state index contributed by atoms with van der Waals surface area (Å²) in [6.07, 6.45) is 1.61. The first kappa shape index (κ1) is 24.4. The number of benzene rings is 3. The topological polar surface area (TPSA) is 66.4 Å². The van der Waals surface area contributed by atoms with Crippen molar-refractivity contribution in [3.8, 4) is 11.5 Å². The third kappa shape index (κ3) is 7.67. The lowest BCUT2D eigenvalue weighted by Gasteiger charge is -2.34. The van der Waals surface area contributed by atoms with Crippen LogP contribution in [-0.4, -0.2) is 61.8 Å². The Kier molecular flexibility index (Phi) is 8.86. The fourth-order valence-electron chi connectivity index (χ4n) is 3.98. The van der Waals surface area contributed by atoms with Crippen LogP contribution in [0.5, 0.6) is 11.5 Å². The summed E-state index contributed by atoms with van der Waals surface area (Å²) in [6.45, 7) is 5.38. The molecule has 182 valence electrons. The highest BCUT2D eigenvalue weighted by Crippen LogP contribution is 2.28. The van der Waals surface area contributed by atoms with E-state index in [0.717, 1.165) is 43.9 Å². The maximum Gasteiger partial charge on any atom is 0.254 e. The Hall–Kier alpha value is -3.68. The van der Waals surface area contributed by atoms with Crippen molar-refractivity contribution in [1.29, 1.82) is 0 Å². The monoisotopic (exact) mass is 472 g/mol. The molecule has 1 fully saturated rings. The zero-order valence-corrected chi connectivity index (χ0v) is 20.1. The molecule has 0 spiro atoms. The van der Waals surface area contributed by atoms with Gasteiger partial charge >= 0.3 is 0 Å². The number of nitrogens with one attached hydrogen (secondary N) is 1. The number of carbonyl (C=O) groups excluding carboxylic acids is 1. The van der Waals surface area contributed by atoms with Gasteiger partial charge in [0, 0.05) is 32.7 Å². The van der Waals surface area contributed by atoms with Crippen LogP contribution in [0.2, 0.25) is 0 Å². The molecule has 7 nitrogen and oxygen atoms in total. The summed E-state index contributed by atoms with van der Waals surface area (Å²) in [5.41, 5.74) is 5.84. The van der Waals surface area contributed by atoms with E-state index in [4.69, 9.17) is 9.47 Å². The van der Waals surface area contributed by atoms with Gasteiger partial charge in [-0.3, -0.25) is 14.6 Å². The molecular formula is C28H32N4O3. The zero-order valence-electron chi connectivity index (χ0n) is 20.1. The molecule has 35 heavy (non-hydrogen) atoms. The van der Waals surface area contributed by atoms with Crippen LogP contribution < -0.4 is 14.9 Å². The van der Waals surface area contributed by atoms with Crippen LogP contribution in [0.3, 0.4) is 0 Å². The third-order valence-corrected chi connectivity index (χ3v) is 5.91. The molecule has 0 bridgehead atoms. The summed E-state index contributed by atoms with van der Waals surface area (Å²) >= 11 is 0. The number of amides is 1. The number of rotatable bonds is 10. The standard InChI is InChI=1S/C28H32N4O3/c1-34-27-18-25(12-13-26(27)35-22-24-10-6-3-7-11-24)19-29-30-28(33)21-32-16-14-31(15-17-32)20-23-8-4-2-5-9-23/h2-13,18-19H,14-17,20-22H2,1H3,(H,30,33)/b29-19-. The number of hydrogen-bond acceptors (Lipinski definition) is 6. The highest BCUT2D eigenvalue weighted by Gasteiger charge is 2.18. The molecule has 0 aromatic heterocycles. The van der Waals surface area contributed by atoms with Crippen LogP contribution in [-0.2, 0) is 17.9 Å². The van der Waals surface area contributed by atoms with E-state index in [2.05, 4.69) is 44.6 Å². The van der Waals surface area contributed by atoms with Crippen LogP contribution >= 0.6 is 0 Å². The van der Waals surface area contributed by atoms with E-state index in [1.54, 1.807) is 13.3 Å². The molecule has 4 rings (SSSR count). The van der Waals surface area contributed by atoms with Crippen molar-refractivity contribution >= 4 is 12.1 Å². The van der Waals surface area contributed by atoms with Gasteiger partial charge in [0.15, 0.2) is 11.5 Å². The molecule has 1 aliphatic heterocycles. The largest absolute Gasteiger partial charge is 0.493 e.